The van der Waals surface area contributed by atoms with E-state index in [0.717, 1.165) is 23.3 Å². The Morgan fingerprint density at radius 2 is 1.87 bits per heavy atom. The minimum absolute atomic E-state index is 0.00784. The van der Waals surface area contributed by atoms with Crippen molar-refractivity contribution < 1.29 is 18.4 Å². The van der Waals surface area contributed by atoms with E-state index in [2.05, 4.69) is 15.0 Å². The van der Waals surface area contributed by atoms with Gasteiger partial charge in [-0.05, 0) is 61.3 Å². The van der Waals surface area contributed by atoms with Crippen molar-refractivity contribution in [1.29, 1.82) is 0 Å². The fourth-order valence-corrected chi connectivity index (χ4v) is 3.75. The third-order valence-electron chi connectivity index (χ3n) is 4.66. The van der Waals surface area contributed by atoms with Crippen LogP contribution in [0.5, 0.6) is 0 Å². The van der Waals surface area contributed by atoms with Crippen LogP contribution in [0.4, 0.5) is 25.2 Å². The number of halogens is 2. The molecule has 0 spiro atoms. The lowest BCUT2D eigenvalue weighted by molar-refractivity contribution is -0.121. The number of benzene rings is 2. The van der Waals surface area contributed by atoms with Crippen LogP contribution in [0.15, 0.2) is 42.5 Å². The van der Waals surface area contributed by atoms with Gasteiger partial charge in [0.05, 0.1) is 22.6 Å². The van der Waals surface area contributed by atoms with E-state index in [9.17, 15) is 18.4 Å². The summed E-state index contributed by atoms with van der Waals surface area (Å²) < 4.78 is 32.5. The summed E-state index contributed by atoms with van der Waals surface area (Å²) in [6.07, 6.45) is 0.00784. The second-order valence-electron chi connectivity index (χ2n) is 7.33. The molecule has 0 radical (unpaired) electrons. The minimum atomic E-state index is -1.44. The molecule has 7 nitrogen and oxygen atoms in total. The van der Waals surface area contributed by atoms with Crippen LogP contribution >= 0.6 is 11.5 Å². The van der Waals surface area contributed by atoms with Crippen LogP contribution < -0.4 is 22.1 Å². The monoisotopic (exact) mass is 445 g/mol. The summed E-state index contributed by atoms with van der Waals surface area (Å²) in [7, 11) is 0. The second-order valence-corrected chi connectivity index (χ2v) is 8.13. The van der Waals surface area contributed by atoms with Crippen molar-refractivity contribution in [2.75, 3.05) is 10.6 Å². The van der Waals surface area contributed by atoms with Crippen molar-refractivity contribution in [2.24, 2.45) is 11.5 Å². The average Bonchev–Trinajstić information content (AvgIpc) is 3.08. The van der Waals surface area contributed by atoms with Gasteiger partial charge in [-0.2, -0.15) is 4.37 Å². The normalized spacial score (nSPS) is 12.8. The Labute approximate surface area is 181 Å². The molecule has 3 rings (SSSR count). The Hall–Kier alpha value is -3.53. The second kappa shape index (κ2) is 8.68. The fourth-order valence-electron chi connectivity index (χ4n) is 3.08. The molecule has 31 heavy (non-hydrogen) atoms. The van der Waals surface area contributed by atoms with E-state index in [1.165, 1.54) is 31.2 Å². The highest BCUT2D eigenvalue weighted by Crippen LogP contribution is 2.31. The zero-order chi connectivity index (χ0) is 22.8. The Kier molecular flexibility index (Phi) is 6.21. The number of nitrogens with one attached hydrogen (secondary N) is 2. The summed E-state index contributed by atoms with van der Waals surface area (Å²) in [6.45, 7) is 3.29. The number of amides is 2. The third kappa shape index (κ3) is 5.15. The van der Waals surface area contributed by atoms with Crippen molar-refractivity contribution in [3.05, 3.63) is 70.9 Å². The highest BCUT2D eigenvalue weighted by molar-refractivity contribution is 7.10. The highest BCUT2D eigenvalue weighted by Gasteiger charge is 2.33. The predicted octanol–water partition coefficient (Wildman–Crippen LogP) is 3.47. The molecule has 0 saturated carbocycles. The van der Waals surface area contributed by atoms with Gasteiger partial charge in [-0.1, -0.05) is 12.1 Å². The summed E-state index contributed by atoms with van der Waals surface area (Å²) in [5.74, 6) is -2.85. The Morgan fingerprint density at radius 1 is 1.13 bits per heavy atom. The van der Waals surface area contributed by atoms with Crippen LogP contribution in [-0.4, -0.2) is 21.7 Å². The van der Waals surface area contributed by atoms with Crippen LogP contribution in [0.25, 0.3) is 0 Å². The summed E-state index contributed by atoms with van der Waals surface area (Å²) in [5, 5.41) is 6.43. The molecule has 1 atom stereocenters. The van der Waals surface area contributed by atoms with E-state index in [1.807, 2.05) is 0 Å². The van der Waals surface area contributed by atoms with Crippen LogP contribution in [0.2, 0.25) is 0 Å². The number of anilines is 3. The van der Waals surface area contributed by atoms with Crippen LogP contribution in [-0.2, 0) is 11.2 Å². The largest absolute Gasteiger partial charge is 0.369 e. The molecule has 0 fully saturated rings. The molecule has 1 aromatic heterocycles. The summed E-state index contributed by atoms with van der Waals surface area (Å²) in [4.78, 5) is 24.0. The number of rotatable bonds is 8. The lowest BCUT2D eigenvalue weighted by atomic mass is 9.91. The van der Waals surface area contributed by atoms with E-state index in [0.29, 0.717) is 10.6 Å². The maximum atomic E-state index is 14.8. The molecule has 1 unspecified atom stereocenters. The number of nitrogens with two attached hydrogens (primary N) is 2. The molecular formula is C21H21F2N5O2S. The number of hydrogen-bond acceptors (Lipinski definition) is 6. The van der Waals surface area contributed by atoms with Gasteiger partial charge in [0.1, 0.15) is 22.2 Å². The molecule has 3 aromatic rings. The van der Waals surface area contributed by atoms with E-state index in [-0.39, 0.29) is 23.4 Å². The quantitative estimate of drug-likeness (QED) is 0.423. The van der Waals surface area contributed by atoms with E-state index in [1.54, 1.807) is 19.1 Å². The SMILES string of the molecule is Cc1cc(Nc2cc(NC(C)(Cc3cccc(F)c3)C(N)=O)c(F)cc2C(N)=O)sn1. The first kappa shape index (κ1) is 22.2. The van der Waals surface area contributed by atoms with Crippen molar-refractivity contribution in [3.8, 4) is 0 Å². The fraction of sp³-hybridized carbons (Fsp3) is 0.190. The first-order chi connectivity index (χ1) is 14.6. The summed E-state index contributed by atoms with van der Waals surface area (Å²) >= 11 is 1.16. The van der Waals surface area contributed by atoms with Crippen LogP contribution in [0, 0.1) is 18.6 Å². The Bertz CT molecular complexity index is 1150. The third-order valence-corrected chi connectivity index (χ3v) is 5.46. The standard InChI is InChI=1S/C21H21F2N5O2S/c1-11-6-18(31-28-11)26-16-9-17(15(23)8-14(16)19(24)29)27-21(2,20(25)30)10-12-4-3-5-13(22)7-12/h3-9,26-27H,10H2,1-2H3,(H2,24,29)(H2,25,30). The van der Waals surface area contributed by atoms with Crippen molar-refractivity contribution in [1.82, 2.24) is 4.37 Å². The van der Waals surface area contributed by atoms with Crippen LogP contribution in [0.1, 0.15) is 28.5 Å². The Balaban J connectivity index is 1.98. The molecule has 10 heteroatoms. The van der Waals surface area contributed by atoms with Gasteiger partial charge in [0.25, 0.3) is 5.91 Å². The highest BCUT2D eigenvalue weighted by atomic mass is 32.1. The van der Waals surface area contributed by atoms with E-state index in [4.69, 9.17) is 11.5 Å². The molecule has 0 aliphatic rings. The topological polar surface area (TPSA) is 123 Å². The van der Waals surface area contributed by atoms with Crippen molar-refractivity contribution in [3.63, 3.8) is 0 Å². The number of carbonyl (C=O) groups excluding carboxylic acids is 2. The molecule has 1 heterocycles. The summed E-state index contributed by atoms with van der Waals surface area (Å²) in [6, 6.07) is 9.75. The smallest absolute Gasteiger partial charge is 0.250 e. The molecule has 0 aliphatic carbocycles. The zero-order valence-electron chi connectivity index (χ0n) is 16.8. The van der Waals surface area contributed by atoms with Crippen molar-refractivity contribution in [2.45, 2.75) is 25.8 Å². The lowest BCUT2D eigenvalue weighted by Crippen LogP contribution is -2.50. The van der Waals surface area contributed by atoms with Gasteiger partial charge in [0, 0.05) is 6.42 Å². The van der Waals surface area contributed by atoms with Crippen molar-refractivity contribution >= 4 is 39.7 Å². The molecular weight excluding hydrogens is 424 g/mol. The number of carbonyl (C=O) groups is 2. The van der Waals surface area contributed by atoms with Gasteiger partial charge in [-0.3, -0.25) is 9.59 Å². The number of hydrogen-bond donors (Lipinski definition) is 4. The first-order valence-electron chi connectivity index (χ1n) is 9.23. The molecule has 0 saturated heterocycles. The Morgan fingerprint density at radius 3 is 2.45 bits per heavy atom. The van der Waals surface area contributed by atoms with Gasteiger partial charge >= 0.3 is 0 Å². The molecule has 2 amide bonds. The predicted molar refractivity (Wildman–Crippen MR) is 116 cm³/mol. The van der Waals surface area contributed by atoms with Gasteiger partial charge in [0.15, 0.2) is 0 Å². The van der Waals surface area contributed by atoms with E-state index < -0.39 is 29.0 Å². The van der Waals surface area contributed by atoms with E-state index >= 15 is 0 Å². The number of aromatic nitrogens is 1. The number of primary amides is 2. The van der Waals surface area contributed by atoms with Gasteiger partial charge < -0.3 is 22.1 Å². The number of aryl methyl sites for hydroxylation is 1. The van der Waals surface area contributed by atoms with Gasteiger partial charge in [0.2, 0.25) is 5.91 Å². The first-order valence-corrected chi connectivity index (χ1v) is 10.0. The number of nitrogens with zero attached hydrogens (tertiary/aromatic N) is 1. The van der Waals surface area contributed by atoms with Gasteiger partial charge in [-0.15, -0.1) is 0 Å². The molecule has 0 aliphatic heterocycles. The maximum absolute atomic E-state index is 14.8. The molecule has 162 valence electrons. The lowest BCUT2D eigenvalue weighted by Gasteiger charge is -2.29. The summed E-state index contributed by atoms with van der Waals surface area (Å²) in [5.41, 5.74) is 10.9. The minimum Gasteiger partial charge on any atom is -0.369 e. The van der Waals surface area contributed by atoms with Gasteiger partial charge in [-0.25, -0.2) is 8.78 Å². The average molecular weight is 445 g/mol. The van der Waals surface area contributed by atoms with Crippen LogP contribution in [0.3, 0.4) is 0 Å². The zero-order valence-corrected chi connectivity index (χ0v) is 17.6. The molecule has 0 bridgehead atoms. The molecule has 2 aromatic carbocycles. The maximum Gasteiger partial charge on any atom is 0.250 e. The molecule has 6 N–H and O–H groups in total.